The summed E-state index contributed by atoms with van der Waals surface area (Å²) >= 11 is 0. The van der Waals surface area contributed by atoms with Crippen LogP contribution < -0.4 is 4.74 Å². The second-order valence-corrected chi connectivity index (χ2v) is 3.05. The van der Waals surface area contributed by atoms with Gasteiger partial charge in [0.15, 0.2) is 5.78 Å². The Bertz CT molecular complexity index is 383. The Kier molecular flexibility index (Phi) is 3.02. The summed E-state index contributed by atoms with van der Waals surface area (Å²) in [6.45, 7) is 2.76. The van der Waals surface area contributed by atoms with Crippen molar-refractivity contribution in [1.82, 2.24) is 0 Å². The van der Waals surface area contributed by atoms with Crippen LogP contribution in [0.15, 0.2) is 18.2 Å². The van der Waals surface area contributed by atoms with Crippen LogP contribution in [0.1, 0.15) is 22.8 Å². The fourth-order valence-corrected chi connectivity index (χ4v) is 1.30. The molecule has 0 aliphatic heterocycles. The van der Waals surface area contributed by atoms with Gasteiger partial charge in [-0.05, 0) is 25.5 Å². The number of hydrogen-bond donors (Lipinski definition) is 0. The highest BCUT2D eigenvalue weighted by atomic mass is 19.4. The third-order valence-electron chi connectivity index (χ3n) is 1.81. The maximum Gasteiger partial charge on any atom is 0.573 e. The number of aryl methyl sites for hydroxylation is 1. The molecule has 0 spiro atoms. The lowest BCUT2D eigenvalue weighted by atomic mass is 10.0. The van der Waals surface area contributed by atoms with E-state index in [0.29, 0.717) is 5.56 Å². The van der Waals surface area contributed by atoms with E-state index in [9.17, 15) is 18.0 Å². The molecule has 1 aromatic carbocycles. The Morgan fingerprint density at radius 2 is 1.93 bits per heavy atom. The number of rotatable bonds is 2. The van der Waals surface area contributed by atoms with Crippen LogP contribution in [0, 0.1) is 6.92 Å². The molecular weight excluding hydrogens is 209 g/mol. The molecule has 0 radical (unpaired) electrons. The number of ketones is 1. The fourth-order valence-electron chi connectivity index (χ4n) is 1.30. The van der Waals surface area contributed by atoms with E-state index >= 15 is 0 Å². The van der Waals surface area contributed by atoms with Crippen LogP contribution in [0.3, 0.4) is 0 Å². The summed E-state index contributed by atoms with van der Waals surface area (Å²) in [5, 5.41) is 0. The van der Waals surface area contributed by atoms with Gasteiger partial charge in [0.2, 0.25) is 0 Å². The van der Waals surface area contributed by atoms with Crippen molar-refractivity contribution in [2.45, 2.75) is 20.2 Å². The fraction of sp³-hybridized carbons (Fsp3) is 0.300. The van der Waals surface area contributed by atoms with Crippen molar-refractivity contribution < 1.29 is 22.7 Å². The second-order valence-electron chi connectivity index (χ2n) is 3.05. The lowest BCUT2D eigenvalue weighted by Gasteiger charge is -2.13. The van der Waals surface area contributed by atoms with Crippen LogP contribution >= 0.6 is 0 Å². The van der Waals surface area contributed by atoms with Crippen LogP contribution in [0.2, 0.25) is 0 Å². The third kappa shape index (κ3) is 2.97. The molecule has 0 atom stereocenters. The summed E-state index contributed by atoms with van der Waals surface area (Å²) < 4.78 is 39.7. The molecule has 0 bridgehead atoms. The van der Waals surface area contributed by atoms with E-state index in [1.54, 1.807) is 13.0 Å². The van der Waals surface area contributed by atoms with Gasteiger partial charge in [0.25, 0.3) is 0 Å². The zero-order chi connectivity index (χ0) is 11.6. The number of ether oxygens (including phenoxy) is 1. The van der Waals surface area contributed by atoms with E-state index in [1.807, 2.05) is 0 Å². The SMILES string of the molecule is CC(=O)c1c(C)cccc1OC(F)(F)F. The zero-order valence-corrected chi connectivity index (χ0v) is 8.18. The van der Waals surface area contributed by atoms with Gasteiger partial charge in [-0.25, -0.2) is 0 Å². The Labute approximate surface area is 84.7 Å². The van der Waals surface area contributed by atoms with Gasteiger partial charge in [-0.15, -0.1) is 13.2 Å². The van der Waals surface area contributed by atoms with Gasteiger partial charge in [-0.3, -0.25) is 4.79 Å². The first-order valence-electron chi connectivity index (χ1n) is 4.17. The molecule has 1 rings (SSSR count). The molecule has 0 unspecified atom stereocenters. The molecule has 0 amide bonds. The van der Waals surface area contributed by atoms with Gasteiger partial charge in [-0.2, -0.15) is 0 Å². The predicted molar refractivity (Wildman–Crippen MR) is 47.9 cm³/mol. The number of carbonyl (C=O) groups excluding carboxylic acids is 1. The summed E-state index contributed by atoms with van der Waals surface area (Å²) in [4.78, 5) is 11.1. The molecule has 0 saturated carbocycles. The number of carbonyl (C=O) groups is 1. The second kappa shape index (κ2) is 3.92. The smallest absolute Gasteiger partial charge is 0.405 e. The van der Waals surface area contributed by atoms with Crippen molar-refractivity contribution in [3.8, 4) is 5.75 Å². The maximum atomic E-state index is 12.0. The molecule has 0 heterocycles. The lowest BCUT2D eigenvalue weighted by molar-refractivity contribution is -0.274. The lowest BCUT2D eigenvalue weighted by Crippen LogP contribution is -2.19. The summed E-state index contributed by atoms with van der Waals surface area (Å²) in [6, 6.07) is 4.08. The molecule has 2 nitrogen and oxygen atoms in total. The number of hydrogen-bond acceptors (Lipinski definition) is 2. The predicted octanol–water partition coefficient (Wildman–Crippen LogP) is 3.10. The van der Waals surface area contributed by atoms with Gasteiger partial charge < -0.3 is 4.74 Å². The zero-order valence-electron chi connectivity index (χ0n) is 8.18. The average Bonchev–Trinajstić information content (AvgIpc) is 1.99. The van der Waals surface area contributed by atoms with Crippen LogP contribution in [-0.2, 0) is 0 Å². The van der Waals surface area contributed by atoms with E-state index in [4.69, 9.17) is 0 Å². The van der Waals surface area contributed by atoms with Crippen molar-refractivity contribution in [3.05, 3.63) is 29.3 Å². The van der Waals surface area contributed by atoms with E-state index in [-0.39, 0.29) is 5.56 Å². The van der Waals surface area contributed by atoms with E-state index < -0.39 is 17.9 Å². The third-order valence-corrected chi connectivity index (χ3v) is 1.81. The maximum absolute atomic E-state index is 12.0. The standard InChI is InChI=1S/C10H9F3O2/c1-6-4-3-5-8(9(6)7(2)14)15-10(11,12)13/h3-5H,1-2H3. The normalized spacial score (nSPS) is 11.3. The quantitative estimate of drug-likeness (QED) is 0.713. The minimum atomic E-state index is -4.78. The summed E-state index contributed by atoms with van der Waals surface area (Å²) in [5.74, 6) is -0.901. The largest absolute Gasteiger partial charge is 0.573 e. The van der Waals surface area contributed by atoms with E-state index in [2.05, 4.69) is 4.74 Å². The number of alkyl halides is 3. The summed E-state index contributed by atoms with van der Waals surface area (Å²) in [6.07, 6.45) is -4.78. The van der Waals surface area contributed by atoms with Crippen molar-refractivity contribution >= 4 is 5.78 Å². The monoisotopic (exact) mass is 218 g/mol. The first-order chi connectivity index (χ1) is 6.81. The Morgan fingerprint density at radius 1 is 1.33 bits per heavy atom. The number of benzene rings is 1. The van der Waals surface area contributed by atoms with Crippen LogP contribution in [0.5, 0.6) is 5.75 Å². The van der Waals surface area contributed by atoms with E-state index in [1.165, 1.54) is 13.0 Å². The molecule has 0 fully saturated rings. The van der Waals surface area contributed by atoms with E-state index in [0.717, 1.165) is 6.07 Å². The molecule has 5 heteroatoms. The Balaban J connectivity index is 3.18. The van der Waals surface area contributed by atoms with Crippen LogP contribution in [0.4, 0.5) is 13.2 Å². The first-order valence-corrected chi connectivity index (χ1v) is 4.17. The first kappa shape index (κ1) is 11.6. The van der Waals surface area contributed by atoms with Gasteiger partial charge in [0, 0.05) is 0 Å². The van der Waals surface area contributed by atoms with Gasteiger partial charge >= 0.3 is 6.36 Å². The molecule has 0 N–H and O–H groups in total. The van der Waals surface area contributed by atoms with Crippen molar-refractivity contribution in [1.29, 1.82) is 0 Å². The molecule has 1 aromatic rings. The molecule has 0 aliphatic carbocycles. The van der Waals surface area contributed by atoms with Gasteiger partial charge in [0.05, 0.1) is 5.56 Å². The molecule has 0 saturated heterocycles. The Morgan fingerprint density at radius 3 is 2.40 bits per heavy atom. The van der Waals surface area contributed by atoms with Crippen LogP contribution in [-0.4, -0.2) is 12.1 Å². The molecule has 0 aromatic heterocycles. The highest BCUT2D eigenvalue weighted by molar-refractivity contribution is 5.98. The summed E-state index contributed by atoms with van der Waals surface area (Å²) in [5.41, 5.74) is 0.430. The minimum Gasteiger partial charge on any atom is -0.405 e. The highest BCUT2D eigenvalue weighted by Crippen LogP contribution is 2.28. The molecule has 82 valence electrons. The molecule has 15 heavy (non-hydrogen) atoms. The summed E-state index contributed by atoms with van der Waals surface area (Å²) in [7, 11) is 0. The van der Waals surface area contributed by atoms with Crippen molar-refractivity contribution in [2.75, 3.05) is 0 Å². The number of halogens is 3. The topological polar surface area (TPSA) is 26.3 Å². The van der Waals surface area contributed by atoms with Gasteiger partial charge in [0.1, 0.15) is 5.75 Å². The average molecular weight is 218 g/mol. The molecular formula is C10H9F3O2. The van der Waals surface area contributed by atoms with Crippen molar-refractivity contribution in [2.24, 2.45) is 0 Å². The Hall–Kier alpha value is -1.52. The molecule has 0 aliphatic rings. The number of Topliss-reactive ketones (excluding diaryl/α,β-unsaturated/α-hetero) is 1. The highest BCUT2D eigenvalue weighted by Gasteiger charge is 2.32. The van der Waals surface area contributed by atoms with Crippen molar-refractivity contribution in [3.63, 3.8) is 0 Å². The minimum absolute atomic E-state index is 0.0326. The van der Waals surface area contributed by atoms with Crippen LogP contribution in [0.25, 0.3) is 0 Å². The van der Waals surface area contributed by atoms with Gasteiger partial charge in [-0.1, -0.05) is 12.1 Å².